The van der Waals surface area contributed by atoms with Gasteiger partial charge in [0.25, 0.3) is 0 Å². The van der Waals surface area contributed by atoms with E-state index in [2.05, 4.69) is 5.32 Å². The first kappa shape index (κ1) is 14.8. The first-order valence-electron chi connectivity index (χ1n) is 5.78. The minimum absolute atomic E-state index is 0.00990. The number of nitrogens with zero attached hydrogens (tertiary/aromatic N) is 1. The summed E-state index contributed by atoms with van der Waals surface area (Å²) < 4.78 is 4.97. The second-order valence-electron chi connectivity index (χ2n) is 4.29. The molecule has 2 amide bonds. The van der Waals surface area contributed by atoms with E-state index in [0.717, 1.165) is 5.56 Å². The third-order valence-electron chi connectivity index (χ3n) is 2.44. The molecule has 0 heterocycles. The molecule has 100 valence electrons. The first-order chi connectivity index (χ1) is 8.52. The summed E-state index contributed by atoms with van der Waals surface area (Å²) in [6.45, 7) is 2.91. The SMILES string of the molecule is COCC(C)NC(=O)N(C)Cc1cccc(Cl)c1. The van der Waals surface area contributed by atoms with E-state index in [1.165, 1.54) is 0 Å². The number of methoxy groups -OCH3 is 1. The smallest absolute Gasteiger partial charge is 0.317 e. The molecule has 0 saturated carbocycles. The van der Waals surface area contributed by atoms with Crippen molar-refractivity contribution in [2.75, 3.05) is 20.8 Å². The number of rotatable bonds is 5. The zero-order valence-electron chi connectivity index (χ0n) is 10.9. The summed E-state index contributed by atoms with van der Waals surface area (Å²) in [7, 11) is 3.36. The van der Waals surface area contributed by atoms with Crippen LogP contribution in [-0.2, 0) is 11.3 Å². The number of benzene rings is 1. The third-order valence-corrected chi connectivity index (χ3v) is 2.68. The predicted octanol–water partition coefficient (Wildman–Crippen LogP) is 2.52. The average molecular weight is 271 g/mol. The van der Waals surface area contributed by atoms with Crippen LogP contribution in [-0.4, -0.2) is 37.7 Å². The van der Waals surface area contributed by atoms with Crippen molar-refractivity contribution in [3.63, 3.8) is 0 Å². The number of carbonyl (C=O) groups excluding carboxylic acids is 1. The van der Waals surface area contributed by atoms with Crippen molar-refractivity contribution in [3.8, 4) is 0 Å². The molecule has 4 nitrogen and oxygen atoms in total. The molecule has 0 aliphatic heterocycles. The lowest BCUT2D eigenvalue weighted by Gasteiger charge is -2.21. The number of amides is 2. The molecule has 1 unspecified atom stereocenters. The normalized spacial score (nSPS) is 12.0. The molecule has 1 rings (SSSR count). The fraction of sp³-hybridized carbons (Fsp3) is 0.462. The van der Waals surface area contributed by atoms with Gasteiger partial charge in [-0.2, -0.15) is 0 Å². The Balaban J connectivity index is 2.49. The van der Waals surface area contributed by atoms with Gasteiger partial charge in [-0.05, 0) is 24.6 Å². The van der Waals surface area contributed by atoms with Gasteiger partial charge in [0.2, 0.25) is 0 Å². The summed E-state index contributed by atoms with van der Waals surface area (Å²) in [6, 6.07) is 7.34. The molecule has 0 fully saturated rings. The van der Waals surface area contributed by atoms with Gasteiger partial charge >= 0.3 is 6.03 Å². The number of urea groups is 1. The Morgan fingerprint density at radius 3 is 2.89 bits per heavy atom. The van der Waals surface area contributed by atoms with Gasteiger partial charge in [0, 0.05) is 25.7 Å². The Kier molecular flexibility index (Phi) is 5.95. The first-order valence-corrected chi connectivity index (χ1v) is 6.15. The van der Waals surface area contributed by atoms with Crippen molar-refractivity contribution in [2.24, 2.45) is 0 Å². The highest BCUT2D eigenvalue weighted by atomic mass is 35.5. The summed E-state index contributed by atoms with van der Waals surface area (Å²) in [6.07, 6.45) is 0. The van der Waals surface area contributed by atoms with Crippen LogP contribution in [0.1, 0.15) is 12.5 Å². The number of nitrogens with one attached hydrogen (secondary N) is 1. The third kappa shape index (κ3) is 4.94. The van der Waals surface area contributed by atoms with Crippen LogP contribution in [0.25, 0.3) is 0 Å². The Hall–Kier alpha value is -1.26. The van der Waals surface area contributed by atoms with Gasteiger partial charge < -0.3 is 15.0 Å². The van der Waals surface area contributed by atoms with Crippen molar-refractivity contribution in [2.45, 2.75) is 19.5 Å². The van der Waals surface area contributed by atoms with Crippen LogP contribution in [0.4, 0.5) is 4.79 Å². The number of halogens is 1. The van der Waals surface area contributed by atoms with Crippen molar-refractivity contribution in [3.05, 3.63) is 34.9 Å². The lowest BCUT2D eigenvalue weighted by Crippen LogP contribution is -2.43. The van der Waals surface area contributed by atoms with E-state index in [1.54, 1.807) is 19.1 Å². The summed E-state index contributed by atoms with van der Waals surface area (Å²) in [5, 5.41) is 3.52. The van der Waals surface area contributed by atoms with E-state index >= 15 is 0 Å². The standard InChI is InChI=1S/C13H19ClN2O2/c1-10(9-18-3)15-13(17)16(2)8-11-5-4-6-12(14)7-11/h4-7,10H,8-9H2,1-3H3,(H,15,17). The molecule has 18 heavy (non-hydrogen) atoms. The molecule has 0 spiro atoms. The molecular weight excluding hydrogens is 252 g/mol. The maximum Gasteiger partial charge on any atom is 0.317 e. The van der Waals surface area contributed by atoms with Crippen LogP contribution in [0.5, 0.6) is 0 Å². The average Bonchev–Trinajstić information content (AvgIpc) is 2.29. The van der Waals surface area contributed by atoms with Crippen LogP contribution in [0.2, 0.25) is 5.02 Å². The van der Waals surface area contributed by atoms with Gasteiger partial charge in [-0.25, -0.2) is 4.79 Å². The molecule has 0 bridgehead atoms. The van der Waals surface area contributed by atoms with E-state index in [9.17, 15) is 4.79 Å². The summed E-state index contributed by atoms with van der Waals surface area (Å²) in [4.78, 5) is 13.5. The minimum Gasteiger partial charge on any atom is -0.383 e. The highest BCUT2D eigenvalue weighted by Gasteiger charge is 2.12. The molecule has 1 aromatic carbocycles. The fourth-order valence-corrected chi connectivity index (χ4v) is 1.81. The van der Waals surface area contributed by atoms with Gasteiger partial charge in [-0.1, -0.05) is 23.7 Å². The second-order valence-corrected chi connectivity index (χ2v) is 4.73. The van der Waals surface area contributed by atoms with Gasteiger partial charge in [0.15, 0.2) is 0 Å². The van der Waals surface area contributed by atoms with Crippen LogP contribution in [0.3, 0.4) is 0 Å². The van der Waals surface area contributed by atoms with E-state index in [-0.39, 0.29) is 12.1 Å². The predicted molar refractivity (Wildman–Crippen MR) is 72.8 cm³/mol. The van der Waals surface area contributed by atoms with Gasteiger partial charge in [-0.15, -0.1) is 0 Å². The largest absolute Gasteiger partial charge is 0.383 e. The Bertz CT molecular complexity index is 398. The van der Waals surface area contributed by atoms with Gasteiger partial charge in [0.1, 0.15) is 0 Å². The van der Waals surface area contributed by atoms with Crippen molar-refractivity contribution in [1.29, 1.82) is 0 Å². The molecule has 0 aliphatic carbocycles. The fourth-order valence-electron chi connectivity index (χ4n) is 1.59. The molecule has 1 N–H and O–H groups in total. The quantitative estimate of drug-likeness (QED) is 0.893. The van der Waals surface area contributed by atoms with Crippen LogP contribution < -0.4 is 5.32 Å². The number of hydrogen-bond donors (Lipinski definition) is 1. The monoisotopic (exact) mass is 270 g/mol. The molecule has 0 aliphatic rings. The van der Waals surface area contributed by atoms with Crippen molar-refractivity contribution in [1.82, 2.24) is 10.2 Å². The highest BCUT2D eigenvalue weighted by Crippen LogP contribution is 2.12. The van der Waals surface area contributed by atoms with E-state index < -0.39 is 0 Å². The Labute approximate surface area is 113 Å². The maximum absolute atomic E-state index is 11.8. The Morgan fingerprint density at radius 2 is 2.28 bits per heavy atom. The van der Waals surface area contributed by atoms with Crippen molar-refractivity contribution >= 4 is 17.6 Å². The molecule has 1 atom stereocenters. The summed E-state index contributed by atoms with van der Waals surface area (Å²) in [5.74, 6) is 0. The molecule has 1 aromatic rings. The Morgan fingerprint density at radius 1 is 1.56 bits per heavy atom. The summed E-state index contributed by atoms with van der Waals surface area (Å²) in [5.41, 5.74) is 1.000. The lowest BCUT2D eigenvalue weighted by atomic mass is 10.2. The van der Waals surface area contributed by atoms with E-state index in [0.29, 0.717) is 18.2 Å². The molecule has 0 radical (unpaired) electrons. The zero-order valence-corrected chi connectivity index (χ0v) is 11.7. The zero-order chi connectivity index (χ0) is 13.5. The topological polar surface area (TPSA) is 41.6 Å². The highest BCUT2D eigenvalue weighted by molar-refractivity contribution is 6.30. The van der Waals surface area contributed by atoms with Crippen LogP contribution >= 0.6 is 11.6 Å². The van der Waals surface area contributed by atoms with E-state index in [1.807, 2.05) is 31.2 Å². The maximum atomic E-state index is 11.8. The molecule has 0 aromatic heterocycles. The molecule has 0 saturated heterocycles. The van der Waals surface area contributed by atoms with Crippen LogP contribution in [0.15, 0.2) is 24.3 Å². The number of ether oxygens (including phenoxy) is 1. The van der Waals surface area contributed by atoms with Gasteiger partial charge in [0.05, 0.1) is 12.6 Å². The van der Waals surface area contributed by atoms with E-state index in [4.69, 9.17) is 16.3 Å². The molecular formula is C13H19ClN2O2. The lowest BCUT2D eigenvalue weighted by molar-refractivity contribution is 0.162. The van der Waals surface area contributed by atoms with Crippen LogP contribution in [0, 0.1) is 0 Å². The summed E-state index contributed by atoms with van der Waals surface area (Å²) >= 11 is 5.90. The number of carbonyl (C=O) groups is 1. The number of hydrogen-bond acceptors (Lipinski definition) is 2. The molecule has 5 heteroatoms. The minimum atomic E-state index is -0.125. The second kappa shape index (κ2) is 7.24. The van der Waals surface area contributed by atoms with Gasteiger partial charge in [-0.3, -0.25) is 0 Å². The van der Waals surface area contributed by atoms with Crippen molar-refractivity contribution < 1.29 is 9.53 Å².